The molecule has 1 aliphatic rings. The lowest BCUT2D eigenvalue weighted by molar-refractivity contribution is 0.483. The van der Waals surface area contributed by atoms with Crippen LogP contribution in [0.4, 0.5) is 5.69 Å². The summed E-state index contributed by atoms with van der Waals surface area (Å²) in [4.78, 5) is 0. The summed E-state index contributed by atoms with van der Waals surface area (Å²) in [5.41, 5.74) is 1.09. The molecule has 1 aliphatic heterocycles. The molecule has 0 spiro atoms. The van der Waals surface area contributed by atoms with Crippen LogP contribution in [0.1, 0.15) is 12.8 Å². The monoisotopic (exact) mass is 285 g/mol. The van der Waals surface area contributed by atoms with E-state index in [0.717, 1.165) is 17.2 Å². The van der Waals surface area contributed by atoms with Gasteiger partial charge in [-0.25, -0.2) is 0 Å². The van der Waals surface area contributed by atoms with Crippen molar-refractivity contribution in [2.75, 3.05) is 16.8 Å². The molecule has 1 saturated heterocycles. The van der Waals surface area contributed by atoms with Gasteiger partial charge >= 0.3 is 0 Å². The maximum atomic E-state index is 5.98. The van der Waals surface area contributed by atoms with E-state index in [9.17, 15) is 0 Å². The first-order valence-corrected chi connectivity index (χ1v) is 8.23. The Balaban J connectivity index is 1.74. The molecule has 0 aromatic heterocycles. The van der Waals surface area contributed by atoms with E-state index in [1.165, 1.54) is 24.3 Å². The largest absolute Gasteiger partial charge is 0.455 e. The third kappa shape index (κ3) is 3.48. The van der Waals surface area contributed by atoms with Gasteiger partial charge in [-0.2, -0.15) is 11.8 Å². The van der Waals surface area contributed by atoms with Crippen LogP contribution < -0.4 is 10.1 Å². The molecular formula is C17H19NOS. The molecule has 104 valence electrons. The van der Waals surface area contributed by atoms with Crippen molar-refractivity contribution in [3.63, 3.8) is 0 Å². The number of anilines is 1. The van der Waals surface area contributed by atoms with E-state index in [-0.39, 0.29) is 0 Å². The molecule has 3 rings (SSSR count). The number of para-hydroxylation sites is 3. The second-order valence-corrected chi connectivity index (χ2v) is 6.17. The zero-order chi connectivity index (χ0) is 13.6. The van der Waals surface area contributed by atoms with E-state index < -0.39 is 0 Å². The van der Waals surface area contributed by atoms with Crippen LogP contribution in [0, 0.1) is 0 Å². The summed E-state index contributed by atoms with van der Waals surface area (Å²) in [5, 5.41) is 3.63. The summed E-state index contributed by atoms with van der Waals surface area (Å²) >= 11 is 2.04. The highest BCUT2D eigenvalue weighted by atomic mass is 32.2. The minimum Gasteiger partial charge on any atom is -0.455 e. The van der Waals surface area contributed by atoms with Crippen LogP contribution in [-0.4, -0.2) is 17.5 Å². The molecule has 0 saturated carbocycles. The fraction of sp³-hybridized carbons (Fsp3) is 0.294. The highest BCUT2D eigenvalue weighted by Gasteiger charge is 2.15. The summed E-state index contributed by atoms with van der Waals surface area (Å²) in [7, 11) is 0. The third-order valence-electron chi connectivity index (χ3n) is 3.44. The maximum Gasteiger partial charge on any atom is 0.150 e. The summed E-state index contributed by atoms with van der Waals surface area (Å²) in [6.45, 7) is 0. The summed E-state index contributed by atoms with van der Waals surface area (Å²) in [6, 6.07) is 18.7. The van der Waals surface area contributed by atoms with Gasteiger partial charge in [0.25, 0.3) is 0 Å². The van der Waals surface area contributed by atoms with Gasteiger partial charge in [-0.15, -0.1) is 0 Å². The summed E-state index contributed by atoms with van der Waals surface area (Å²) in [5.74, 6) is 4.27. The Morgan fingerprint density at radius 2 is 1.60 bits per heavy atom. The van der Waals surface area contributed by atoms with E-state index in [4.69, 9.17) is 4.74 Å². The number of benzene rings is 2. The van der Waals surface area contributed by atoms with Gasteiger partial charge in [-0.1, -0.05) is 30.3 Å². The van der Waals surface area contributed by atoms with Crippen molar-refractivity contribution in [2.45, 2.75) is 18.9 Å². The van der Waals surface area contributed by atoms with Gasteiger partial charge in [-0.05, 0) is 48.6 Å². The Hall–Kier alpha value is -1.61. The van der Waals surface area contributed by atoms with Crippen molar-refractivity contribution in [1.29, 1.82) is 0 Å². The predicted octanol–water partition coefficient (Wildman–Crippen LogP) is 4.79. The molecule has 1 heterocycles. The quantitative estimate of drug-likeness (QED) is 0.873. The molecule has 0 amide bonds. The second kappa shape index (κ2) is 6.71. The van der Waals surface area contributed by atoms with Gasteiger partial charge in [-0.3, -0.25) is 0 Å². The van der Waals surface area contributed by atoms with Crippen LogP contribution in [0.5, 0.6) is 11.5 Å². The van der Waals surface area contributed by atoms with Crippen molar-refractivity contribution in [2.24, 2.45) is 0 Å². The van der Waals surface area contributed by atoms with Gasteiger partial charge in [0.15, 0.2) is 5.75 Å². The van der Waals surface area contributed by atoms with Crippen LogP contribution in [0.15, 0.2) is 54.6 Å². The Bertz CT molecular complexity index is 538. The normalized spacial score (nSPS) is 15.8. The zero-order valence-corrected chi connectivity index (χ0v) is 12.2. The van der Waals surface area contributed by atoms with Crippen molar-refractivity contribution in [1.82, 2.24) is 0 Å². The van der Waals surface area contributed by atoms with E-state index in [1.54, 1.807) is 0 Å². The SMILES string of the molecule is c1ccc(Oc2ccccc2NC2CCSCC2)cc1. The Labute approximate surface area is 124 Å². The molecule has 0 unspecified atom stereocenters. The molecule has 0 aliphatic carbocycles. The van der Waals surface area contributed by atoms with Crippen molar-refractivity contribution in [3.05, 3.63) is 54.6 Å². The lowest BCUT2D eigenvalue weighted by Gasteiger charge is -2.24. The van der Waals surface area contributed by atoms with Gasteiger partial charge in [0.05, 0.1) is 5.69 Å². The number of rotatable bonds is 4. The number of nitrogens with one attached hydrogen (secondary N) is 1. The molecule has 1 N–H and O–H groups in total. The zero-order valence-electron chi connectivity index (χ0n) is 11.4. The minimum absolute atomic E-state index is 0.566. The topological polar surface area (TPSA) is 21.3 Å². The molecule has 1 fully saturated rings. The molecule has 0 radical (unpaired) electrons. The highest BCUT2D eigenvalue weighted by molar-refractivity contribution is 7.99. The smallest absolute Gasteiger partial charge is 0.150 e. The second-order valence-electron chi connectivity index (χ2n) is 4.94. The van der Waals surface area contributed by atoms with Crippen LogP contribution in [-0.2, 0) is 0 Å². The average molecular weight is 285 g/mol. The molecule has 20 heavy (non-hydrogen) atoms. The third-order valence-corrected chi connectivity index (χ3v) is 4.49. The van der Waals surface area contributed by atoms with Gasteiger partial charge in [0.1, 0.15) is 5.75 Å². The molecule has 2 aromatic rings. The van der Waals surface area contributed by atoms with Crippen molar-refractivity contribution < 1.29 is 4.74 Å². The van der Waals surface area contributed by atoms with E-state index in [2.05, 4.69) is 17.4 Å². The van der Waals surface area contributed by atoms with E-state index in [0.29, 0.717) is 6.04 Å². The molecule has 0 bridgehead atoms. The Morgan fingerprint density at radius 3 is 2.40 bits per heavy atom. The number of hydrogen-bond acceptors (Lipinski definition) is 3. The number of thioether (sulfide) groups is 1. The number of hydrogen-bond donors (Lipinski definition) is 1. The first-order valence-electron chi connectivity index (χ1n) is 7.08. The van der Waals surface area contributed by atoms with Gasteiger partial charge in [0.2, 0.25) is 0 Å². The van der Waals surface area contributed by atoms with Gasteiger partial charge < -0.3 is 10.1 Å². The summed E-state index contributed by atoms with van der Waals surface area (Å²) < 4.78 is 5.98. The van der Waals surface area contributed by atoms with Crippen LogP contribution >= 0.6 is 11.8 Å². The predicted molar refractivity (Wildman–Crippen MR) is 86.9 cm³/mol. The highest BCUT2D eigenvalue weighted by Crippen LogP contribution is 2.31. The van der Waals surface area contributed by atoms with Crippen LogP contribution in [0.2, 0.25) is 0 Å². The lowest BCUT2D eigenvalue weighted by atomic mass is 10.1. The molecule has 0 atom stereocenters. The fourth-order valence-corrected chi connectivity index (χ4v) is 3.46. The molecule has 3 heteroatoms. The number of ether oxygens (including phenoxy) is 1. The van der Waals surface area contributed by atoms with E-state index >= 15 is 0 Å². The van der Waals surface area contributed by atoms with Gasteiger partial charge in [0, 0.05) is 6.04 Å². The minimum atomic E-state index is 0.566. The molecular weight excluding hydrogens is 266 g/mol. The van der Waals surface area contributed by atoms with Crippen LogP contribution in [0.3, 0.4) is 0 Å². The average Bonchev–Trinajstić information content (AvgIpc) is 2.51. The van der Waals surface area contributed by atoms with Crippen molar-refractivity contribution in [3.8, 4) is 11.5 Å². The van der Waals surface area contributed by atoms with Crippen LogP contribution in [0.25, 0.3) is 0 Å². The Kier molecular flexibility index (Phi) is 4.49. The first-order chi connectivity index (χ1) is 9.92. The maximum absolute atomic E-state index is 5.98. The molecule has 2 aromatic carbocycles. The standard InChI is InChI=1S/C17H19NOS/c1-2-6-15(7-3-1)19-17-9-5-4-8-16(17)18-14-10-12-20-13-11-14/h1-9,14,18H,10-13H2. The first kappa shape index (κ1) is 13.4. The summed E-state index contributed by atoms with van der Waals surface area (Å²) in [6.07, 6.45) is 2.45. The van der Waals surface area contributed by atoms with Crippen molar-refractivity contribution >= 4 is 17.4 Å². The molecule has 2 nitrogen and oxygen atoms in total. The van der Waals surface area contributed by atoms with E-state index in [1.807, 2.05) is 54.2 Å². The fourth-order valence-electron chi connectivity index (χ4n) is 2.35. The lowest BCUT2D eigenvalue weighted by Crippen LogP contribution is -2.24. The Morgan fingerprint density at radius 1 is 0.900 bits per heavy atom.